The van der Waals surface area contributed by atoms with E-state index in [1.54, 1.807) is 10.6 Å². The van der Waals surface area contributed by atoms with Gasteiger partial charge < -0.3 is 5.32 Å². The van der Waals surface area contributed by atoms with E-state index in [2.05, 4.69) is 19.2 Å². The van der Waals surface area contributed by atoms with Crippen LogP contribution in [-0.4, -0.2) is 27.3 Å². The fraction of sp³-hybridized carbons (Fsp3) is 0.348. The van der Waals surface area contributed by atoms with Crippen LogP contribution in [-0.2, 0) is 4.79 Å². The second kappa shape index (κ2) is 9.27. The number of nitrogens with one attached hydrogen (secondary N) is 1. The van der Waals surface area contributed by atoms with Gasteiger partial charge in [-0.25, -0.2) is 4.98 Å². The molecule has 1 aromatic heterocycles. The van der Waals surface area contributed by atoms with Gasteiger partial charge in [-0.1, -0.05) is 55.9 Å². The third kappa shape index (κ3) is 4.53. The number of benzene rings is 2. The molecule has 6 heteroatoms. The van der Waals surface area contributed by atoms with Crippen LogP contribution in [0, 0.1) is 13.8 Å². The van der Waals surface area contributed by atoms with E-state index in [1.165, 1.54) is 11.8 Å². The molecule has 5 nitrogen and oxygen atoms in total. The molecule has 0 bridgehead atoms. The number of carbonyl (C=O) groups excluding carboxylic acids is 1. The number of carbonyl (C=O) groups is 1. The molecular formula is C23H27N3O2S. The van der Waals surface area contributed by atoms with E-state index in [0.717, 1.165) is 29.7 Å². The van der Waals surface area contributed by atoms with Crippen LogP contribution < -0.4 is 10.9 Å². The molecule has 2 aromatic carbocycles. The van der Waals surface area contributed by atoms with Gasteiger partial charge in [-0.15, -0.1) is 0 Å². The molecule has 3 aromatic rings. The zero-order valence-electron chi connectivity index (χ0n) is 17.4. The molecule has 0 fully saturated rings. The Bertz CT molecular complexity index is 1070. The molecule has 0 radical (unpaired) electrons. The summed E-state index contributed by atoms with van der Waals surface area (Å²) in [5.74, 6) is 0.172. The van der Waals surface area contributed by atoms with E-state index in [-0.39, 0.29) is 23.3 Å². The lowest BCUT2D eigenvalue weighted by Gasteiger charge is -2.18. The van der Waals surface area contributed by atoms with Crippen molar-refractivity contribution in [1.29, 1.82) is 0 Å². The number of para-hydroxylation sites is 2. The van der Waals surface area contributed by atoms with Crippen molar-refractivity contribution in [3.05, 3.63) is 63.9 Å². The van der Waals surface area contributed by atoms with Crippen LogP contribution in [0.25, 0.3) is 16.6 Å². The third-order valence-corrected chi connectivity index (χ3v) is 6.03. The van der Waals surface area contributed by atoms with Gasteiger partial charge in [0, 0.05) is 6.04 Å². The van der Waals surface area contributed by atoms with Gasteiger partial charge in [0.25, 0.3) is 5.56 Å². The number of aromatic nitrogens is 2. The van der Waals surface area contributed by atoms with Gasteiger partial charge in [-0.3, -0.25) is 14.2 Å². The molecule has 0 aliphatic carbocycles. The van der Waals surface area contributed by atoms with Gasteiger partial charge in [-0.2, -0.15) is 0 Å². The van der Waals surface area contributed by atoms with Crippen molar-refractivity contribution in [3.63, 3.8) is 0 Å². The van der Waals surface area contributed by atoms with Crippen molar-refractivity contribution >= 4 is 28.6 Å². The van der Waals surface area contributed by atoms with Crippen LogP contribution in [0.4, 0.5) is 0 Å². The summed E-state index contributed by atoms with van der Waals surface area (Å²) in [7, 11) is 0. The summed E-state index contributed by atoms with van der Waals surface area (Å²) in [6.07, 6.45) is 1.79. The predicted molar refractivity (Wildman–Crippen MR) is 120 cm³/mol. The van der Waals surface area contributed by atoms with Crippen molar-refractivity contribution < 1.29 is 4.79 Å². The van der Waals surface area contributed by atoms with Crippen molar-refractivity contribution in [3.8, 4) is 5.69 Å². The van der Waals surface area contributed by atoms with Gasteiger partial charge in [0.1, 0.15) is 0 Å². The lowest BCUT2D eigenvalue weighted by molar-refractivity contribution is -0.119. The van der Waals surface area contributed by atoms with E-state index in [0.29, 0.717) is 16.1 Å². The van der Waals surface area contributed by atoms with Gasteiger partial charge in [-0.05, 0) is 49.9 Å². The Morgan fingerprint density at radius 1 is 1.07 bits per heavy atom. The average Bonchev–Trinajstić information content (AvgIpc) is 2.72. The molecule has 0 unspecified atom stereocenters. The molecule has 0 saturated carbocycles. The molecule has 0 atom stereocenters. The van der Waals surface area contributed by atoms with Crippen molar-refractivity contribution in [2.45, 2.75) is 51.7 Å². The molecule has 29 heavy (non-hydrogen) atoms. The van der Waals surface area contributed by atoms with Crippen LogP contribution in [0.15, 0.2) is 52.4 Å². The van der Waals surface area contributed by atoms with E-state index in [9.17, 15) is 9.59 Å². The highest BCUT2D eigenvalue weighted by atomic mass is 32.2. The fourth-order valence-electron chi connectivity index (χ4n) is 3.46. The number of amides is 1. The minimum absolute atomic E-state index is 0.0424. The third-order valence-electron chi connectivity index (χ3n) is 5.09. The maximum atomic E-state index is 13.4. The molecule has 3 rings (SSSR count). The standard InChI is InChI=1S/C23H27N3O2S/c1-5-17(6-2)24-20(27)14-29-23-25-19-13-8-7-12-18(19)22(28)26(23)21-15(3)10-9-11-16(21)4/h7-13,17H,5-6,14H2,1-4H3,(H,24,27). The van der Waals surface area contributed by atoms with Crippen molar-refractivity contribution in [2.24, 2.45) is 0 Å². The molecule has 0 aliphatic heterocycles. The Kier molecular flexibility index (Phi) is 6.75. The summed E-state index contributed by atoms with van der Waals surface area (Å²) in [6, 6.07) is 13.5. The molecule has 0 spiro atoms. The fourth-order valence-corrected chi connectivity index (χ4v) is 4.27. The highest BCUT2D eigenvalue weighted by Crippen LogP contribution is 2.25. The molecule has 1 amide bonds. The summed E-state index contributed by atoms with van der Waals surface area (Å²) < 4.78 is 1.65. The molecule has 152 valence electrons. The number of thioether (sulfide) groups is 1. The number of aryl methyl sites for hydroxylation is 2. The summed E-state index contributed by atoms with van der Waals surface area (Å²) in [6.45, 7) is 8.09. The van der Waals surface area contributed by atoms with Crippen LogP contribution in [0.3, 0.4) is 0 Å². The lowest BCUT2D eigenvalue weighted by Crippen LogP contribution is -2.35. The Labute approximate surface area is 175 Å². The maximum Gasteiger partial charge on any atom is 0.266 e. The smallest absolute Gasteiger partial charge is 0.266 e. The highest BCUT2D eigenvalue weighted by molar-refractivity contribution is 7.99. The van der Waals surface area contributed by atoms with Gasteiger partial charge in [0.15, 0.2) is 5.16 Å². The first-order valence-corrected chi connectivity index (χ1v) is 10.9. The topological polar surface area (TPSA) is 64.0 Å². The SMILES string of the molecule is CCC(CC)NC(=O)CSc1nc2ccccc2c(=O)n1-c1c(C)cccc1C. The molecular weight excluding hydrogens is 382 g/mol. The lowest BCUT2D eigenvalue weighted by atomic mass is 10.1. The Hall–Kier alpha value is -2.60. The molecule has 1 heterocycles. The van der Waals surface area contributed by atoms with Crippen LogP contribution in [0.2, 0.25) is 0 Å². The van der Waals surface area contributed by atoms with Crippen LogP contribution in [0.5, 0.6) is 0 Å². The zero-order valence-corrected chi connectivity index (χ0v) is 18.2. The van der Waals surface area contributed by atoms with Crippen LogP contribution in [0.1, 0.15) is 37.8 Å². The van der Waals surface area contributed by atoms with Crippen LogP contribution >= 0.6 is 11.8 Å². The molecule has 0 saturated heterocycles. The minimum atomic E-state index is -0.115. The Morgan fingerprint density at radius 2 is 1.72 bits per heavy atom. The first-order chi connectivity index (χ1) is 14.0. The largest absolute Gasteiger partial charge is 0.353 e. The van der Waals surface area contributed by atoms with E-state index >= 15 is 0 Å². The number of nitrogens with zero attached hydrogens (tertiary/aromatic N) is 2. The van der Waals surface area contributed by atoms with Crippen molar-refractivity contribution in [1.82, 2.24) is 14.9 Å². The van der Waals surface area contributed by atoms with Crippen molar-refractivity contribution in [2.75, 3.05) is 5.75 Å². The molecule has 0 aliphatic rings. The first kappa shape index (κ1) is 21.1. The quantitative estimate of drug-likeness (QED) is 0.464. The number of hydrogen-bond acceptors (Lipinski definition) is 4. The average molecular weight is 410 g/mol. The zero-order chi connectivity index (χ0) is 21.0. The number of fused-ring (bicyclic) bond motifs is 1. The summed E-state index contributed by atoms with van der Waals surface area (Å²) >= 11 is 1.30. The van der Waals surface area contributed by atoms with E-state index in [4.69, 9.17) is 4.98 Å². The number of rotatable bonds is 7. The first-order valence-electron chi connectivity index (χ1n) is 9.96. The van der Waals surface area contributed by atoms with E-state index < -0.39 is 0 Å². The monoisotopic (exact) mass is 409 g/mol. The summed E-state index contributed by atoms with van der Waals surface area (Å²) in [5.41, 5.74) is 3.34. The summed E-state index contributed by atoms with van der Waals surface area (Å²) in [4.78, 5) is 30.5. The number of hydrogen-bond donors (Lipinski definition) is 1. The van der Waals surface area contributed by atoms with Gasteiger partial charge >= 0.3 is 0 Å². The Morgan fingerprint density at radius 3 is 2.38 bits per heavy atom. The second-order valence-electron chi connectivity index (χ2n) is 7.16. The van der Waals surface area contributed by atoms with Gasteiger partial charge in [0.05, 0.1) is 22.3 Å². The maximum absolute atomic E-state index is 13.4. The second-order valence-corrected chi connectivity index (χ2v) is 8.10. The summed E-state index contributed by atoms with van der Waals surface area (Å²) in [5, 5.41) is 4.15. The minimum Gasteiger partial charge on any atom is -0.353 e. The Balaban J connectivity index is 2.06. The van der Waals surface area contributed by atoms with Gasteiger partial charge in [0.2, 0.25) is 5.91 Å². The normalized spacial score (nSPS) is 11.2. The predicted octanol–water partition coefficient (Wildman–Crippen LogP) is 4.40. The molecule has 1 N–H and O–H groups in total. The highest BCUT2D eigenvalue weighted by Gasteiger charge is 2.18. The van der Waals surface area contributed by atoms with E-state index in [1.807, 2.05) is 50.2 Å².